The molecule has 5 nitrogen and oxygen atoms in total. The maximum Gasteiger partial charge on any atom is 0.320 e. The molecule has 3 aliphatic rings. The van der Waals surface area contributed by atoms with E-state index >= 15 is 0 Å². The van der Waals surface area contributed by atoms with Crippen molar-refractivity contribution in [2.24, 2.45) is 0 Å². The van der Waals surface area contributed by atoms with Crippen LogP contribution in [-0.4, -0.2) is 54.7 Å². The molecule has 3 heterocycles. The van der Waals surface area contributed by atoms with Crippen LogP contribution in [0.2, 0.25) is 0 Å². The van der Waals surface area contributed by atoms with Gasteiger partial charge in [0.05, 0.1) is 19.3 Å². The number of morpholine rings is 1. The summed E-state index contributed by atoms with van der Waals surface area (Å²) in [5.74, 6) is 0. The Labute approximate surface area is 169 Å². The van der Waals surface area contributed by atoms with Crippen molar-refractivity contribution in [1.82, 2.24) is 15.1 Å². The van der Waals surface area contributed by atoms with Crippen molar-refractivity contribution in [1.29, 1.82) is 0 Å². The molecule has 0 aromatic heterocycles. The normalized spacial score (nSPS) is 25.7. The molecule has 1 aromatic carbocycles. The molecule has 0 spiro atoms. The van der Waals surface area contributed by atoms with Crippen LogP contribution in [0.4, 0.5) is 4.79 Å². The van der Waals surface area contributed by atoms with Crippen LogP contribution >= 0.6 is 0 Å². The minimum Gasteiger partial charge on any atom is -0.377 e. The summed E-state index contributed by atoms with van der Waals surface area (Å²) in [5, 5.41) is 3.69. The van der Waals surface area contributed by atoms with E-state index in [1.807, 2.05) is 4.90 Å². The molecule has 5 heteroatoms. The maximum atomic E-state index is 13.2. The number of amides is 2. The van der Waals surface area contributed by atoms with Gasteiger partial charge in [-0.1, -0.05) is 32.9 Å². The number of nitrogens with one attached hydrogen (secondary N) is 1. The Balaban J connectivity index is 1.64. The summed E-state index contributed by atoms with van der Waals surface area (Å²) >= 11 is 0. The van der Waals surface area contributed by atoms with Gasteiger partial charge in [0.25, 0.3) is 0 Å². The summed E-state index contributed by atoms with van der Waals surface area (Å²) in [7, 11) is 0. The first kappa shape index (κ1) is 19.7. The summed E-state index contributed by atoms with van der Waals surface area (Å²) in [6.45, 7) is 13.6. The first-order valence-electron chi connectivity index (χ1n) is 10.9. The van der Waals surface area contributed by atoms with Gasteiger partial charge in [-0.15, -0.1) is 0 Å². The number of ether oxygens (including phenoxy) is 1. The molecule has 2 saturated heterocycles. The quantitative estimate of drug-likeness (QED) is 0.803. The first-order valence-corrected chi connectivity index (χ1v) is 10.9. The third kappa shape index (κ3) is 3.79. The lowest BCUT2D eigenvalue weighted by Crippen LogP contribution is -2.53. The highest BCUT2D eigenvalue weighted by Gasteiger charge is 2.33. The molecular weight excluding hydrogens is 350 g/mol. The Hall–Kier alpha value is -1.59. The number of carbonyl (C=O) groups is 1. The Morgan fingerprint density at radius 2 is 2.07 bits per heavy atom. The molecule has 154 valence electrons. The number of hydrogen-bond donors (Lipinski definition) is 1. The summed E-state index contributed by atoms with van der Waals surface area (Å²) < 4.78 is 5.52. The molecule has 0 saturated carbocycles. The zero-order valence-electron chi connectivity index (χ0n) is 17.9. The lowest BCUT2D eigenvalue weighted by atomic mass is 9.80. The van der Waals surface area contributed by atoms with E-state index in [-0.39, 0.29) is 17.5 Å². The molecule has 2 atom stereocenters. The van der Waals surface area contributed by atoms with E-state index < -0.39 is 0 Å². The van der Waals surface area contributed by atoms with Crippen LogP contribution in [0.1, 0.15) is 68.8 Å². The predicted molar refractivity (Wildman–Crippen MR) is 112 cm³/mol. The van der Waals surface area contributed by atoms with Crippen molar-refractivity contribution in [2.75, 3.05) is 32.8 Å². The average Bonchev–Trinajstić information content (AvgIpc) is 3.20. The van der Waals surface area contributed by atoms with E-state index in [1.165, 1.54) is 35.1 Å². The summed E-state index contributed by atoms with van der Waals surface area (Å²) in [6.07, 6.45) is 3.37. The molecular formula is C23H35N3O2. The van der Waals surface area contributed by atoms with Gasteiger partial charge in [0.15, 0.2) is 0 Å². The molecule has 0 aliphatic carbocycles. The molecule has 0 unspecified atom stereocenters. The van der Waals surface area contributed by atoms with Gasteiger partial charge < -0.3 is 19.9 Å². The van der Waals surface area contributed by atoms with Crippen molar-refractivity contribution in [3.63, 3.8) is 0 Å². The van der Waals surface area contributed by atoms with Gasteiger partial charge in [-0.05, 0) is 60.4 Å². The summed E-state index contributed by atoms with van der Waals surface area (Å²) in [6, 6.07) is 5.56. The fraction of sp³-hybridized carbons (Fsp3) is 0.696. The number of nitrogens with zero attached hydrogens (tertiary/aromatic N) is 2. The van der Waals surface area contributed by atoms with Gasteiger partial charge in [0.2, 0.25) is 0 Å². The summed E-state index contributed by atoms with van der Waals surface area (Å²) in [4.78, 5) is 17.3. The fourth-order valence-corrected chi connectivity index (χ4v) is 4.75. The molecule has 2 amide bonds. The van der Waals surface area contributed by atoms with Crippen LogP contribution in [0.3, 0.4) is 0 Å². The minimum atomic E-state index is 0.137. The lowest BCUT2D eigenvalue weighted by molar-refractivity contribution is 0.00934. The number of carbonyl (C=O) groups excluding carboxylic acids is 1. The Morgan fingerprint density at radius 1 is 1.25 bits per heavy atom. The Morgan fingerprint density at radius 3 is 2.75 bits per heavy atom. The number of fused-ring (bicyclic) bond motifs is 1. The second-order valence-corrected chi connectivity index (χ2v) is 9.67. The van der Waals surface area contributed by atoms with E-state index in [0.29, 0.717) is 25.8 Å². The van der Waals surface area contributed by atoms with Gasteiger partial charge >= 0.3 is 6.03 Å². The number of hydrogen-bond acceptors (Lipinski definition) is 3. The van der Waals surface area contributed by atoms with E-state index in [1.54, 1.807) is 0 Å². The second-order valence-electron chi connectivity index (χ2n) is 9.67. The molecule has 4 rings (SSSR count). The van der Waals surface area contributed by atoms with Gasteiger partial charge in [0, 0.05) is 25.7 Å². The average molecular weight is 386 g/mol. The molecule has 28 heavy (non-hydrogen) atoms. The van der Waals surface area contributed by atoms with Crippen LogP contribution < -0.4 is 5.32 Å². The van der Waals surface area contributed by atoms with E-state index in [2.05, 4.69) is 50.0 Å². The van der Waals surface area contributed by atoms with E-state index in [9.17, 15) is 4.79 Å². The number of urea groups is 1. The van der Waals surface area contributed by atoms with Crippen molar-refractivity contribution in [2.45, 2.75) is 71.0 Å². The number of benzene rings is 1. The molecule has 0 bridgehead atoms. The molecule has 1 aromatic rings. The highest BCUT2D eigenvalue weighted by atomic mass is 16.5. The Kier molecular flexibility index (Phi) is 5.41. The van der Waals surface area contributed by atoms with Crippen LogP contribution in [0.15, 0.2) is 12.1 Å². The first-order chi connectivity index (χ1) is 13.3. The predicted octanol–water partition coefficient (Wildman–Crippen LogP) is 3.61. The molecule has 3 aliphatic heterocycles. The zero-order chi connectivity index (χ0) is 19.9. The van der Waals surface area contributed by atoms with Gasteiger partial charge in [-0.2, -0.15) is 0 Å². The largest absolute Gasteiger partial charge is 0.377 e. The van der Waals surface area contributed by atoms with Crippen molar-refractivity contribution in [3.05, 3.63) is 34.4 Å². The highest BCUT2D eigenvalue weighted by Crippen LogP contribution is 2.36. The van der Waals surface area contributed by atoms with Crippen molar-refractivity contribution in [3.8, 4) is 0 Å². The zero-order valence-corrected chi connectivity index (χ0v) is 17.9. The SMILES string of the molecule is C[C@H]1COCCN1C(=O)N1CCc2cc(C(C)(C)C)cc([C@@H]3CCCN3)c2C1. The van der Waals surface area contributed by atoms with Gasteiger partial charge in [-0.25, -0.2) is 4.79 Å². The number of rotatable bonds is 1. The second kappa shape index (κ2) is 7.68. The maximum absolute atomic E-state index is 13.2. The van der Waals surface area contributed by atoms with Crippen LogP contribution in [0.5, 0.6) is 0 Å². The van der Waals surface area contributed by atoms with E-state index in [0.717, 1.165) is 26.1 Å². The standard InChI is InChI=1S/C23H35N3O2/c1-16-15-28-11-10-26(16)22(27)25-9-7-17-12-18(23(2,3)4)13-19(20(17)14-25)21-6-5-8-24-21/h12-13,16,21,24H,5-11,14-15H2,1-4H3/t16-,21-/m0/s1. The lowest BCUT2D eigenvalue weighted by Gasteiger charge is -2.40. The molecule has 2 fully saturated rings. The van der Waals surface area contributed by atoms with Crippen molar-refractivity contribution >= 4 is 6.03 Å². The monoisotopic (exact) mass is 385 g/mol. The van der Waals surface area contributed by atoms with Gasteiger partial charge in [0.1, 0.15) is 0 Å². The summed E-state index contributed by atoms with van der Waals surface area (Å²) in [5.41, 5.74) is 5.80. The third-order valence-electron chi connectivity index (χ3n) is 6.56. The highest BCUT2D eigenvalue weighted by molar-refractivity contribution is 5.75. The van der Waals surface area contributed by atoms with Crippen LogP contribution in [0, 0.1) is 0 Å². The molecule has 1 N–H and O–H groups in total. The van der Waals surface area contributed by atoms with Crippen LogP contribution in [0.25, 0.3) is 0 Å². The van der Waals surface area contributed by atoms with Gasteiger partial charge in [-0.3, -0.25) is 0 Å². The topological polar surface area (TPSA) is 44.8 Å². The minimum absolute atomic E-state index is 0.137. The van der Waals surface area contributed by atoms with Crippen molar-refractivity contribution < 1.29 is 9.53 Å². The fourth-order valence-electron chi connectivity index (χ4n) is 4.75. The van der Waals surface area contributed by atoms with E-state index in [4.69, 9.17) is 4.74 Å². The Bertz CT molecular complexity index is 734. The third-order valence-corrected chi connectivity index (χ3v) is 6.56. The molecule has 0 radical (unpaired) electrons. The van der Waals surface area contributed by atoms with Crippen LogP contribution in [-0.2, 0) is 23.1 Å². The smallest absolute Gasteiger partial charge is 0.320 e.